The van der Waals surface area contributed by atoms with E-state index in [9.17, 15) is 4.79 Å². The van der Waals surface area contributed by atoms with Crippen LogP contribution in [0, 0.1) is 11.8 Å². The van der Waals surface area contributed by atoms with Crippen LogP contribution >= 0.6 is 0 Å². The minimum absolute atomic E-state index is 0.00807. The Bertz CT molecular complexity index is 642. The highest BCUT2D eigenvalue weighted by Crippen LogP contribution is 2.29. The summed E-state index contributed by atoms with van der Waals surface area (Å²) in [6.07, 6.45) is 3.65. The maximum Gasteiger partial charge on any atom is 0.278 e. The minimum atomic E-state index is 0.00807. The summed E-state index contributed by atoms with van der Waals surface area (Å²) in [5, 5.41) is 3.37. The van der Waals surface area contributed by atoms with Crippen LogP contribution in [0.5, 0.6) is 5.75 Å². The van der Waals surface area contributed by atoms with Gasteiger partial charge in [0.15, 0.2) is 6.04 Å². The van der Waals surface area contributed by atoms with E-state index in [2.05, 4.69) is 43.1 Å². The molecule has 5 nitrogen and oxygen atoms in total. The molecular weight excluding hydrogens is 350 g/mol. The number of benzene rings is 1. The standard InChI is InChI=1S/C23H37N3O2/c1-5-28-22-12-7-6-11-21(22)26-15-13-25(14-16-26)19(4)23(27)24-20-10-8-9-17(2)18(20)3/h6-7,11-12,17-20H,5,8-10,13-16H2,1-4H3,(H,24,27)/p+1/t17-,18-,19-,20+/m0/s1. The van der Waals surface area contributed by atoms with Gasteiger partial charge in [0.2, 0.25) is 0 Å². The lowest BCUT2D eigenvalue weighted by Gasteiger charge is -2.38. The molecule has 1 aromatic rings. The lowest BCUT2D eigenvalue weighted by molar-refractivity contribution is -0.914. The van der Waals surface area contributed by atoms with Crippen LogP contribution in [-0.2, 0) is 4.79 Å². The Labute approximate surface area is 170 Å². The molecule has 4 atom stereocenters. The Balaban J connectivity index is 1.53. The van der Waals surface area contributed by atoms with Gasteiger partial charge >= 0.3 is 0 Å². The third kappa shape index (κ3) is 4.80. The van der Waals surface area contributed by atoms with Gasteiger partial charge in [0.05, 0.1) is 38.5 Å². The van der Waals surface area contributed by atoms with E-state index in [1.165, 1.54) is 23.4 Å². The number of hydrogen-bond donors (Lipinski definition) is 2. The Morgan fingerprint density at radius 2 is 1.96 bits per heavy atom. The average molecular weight is 389 g/mol. The molecule has 3 rings (SSSR count). The molecule has 5 heteroatoms. The van der Waals surface area contributed by atoms with Gasteiger partial charge in [0.25, 0.3) is 5.91 Å². The van der Waals surface area contributed by atoms with Gasteiger partial charge in [-0.05, 0) is 44.2 Å². The van der Waals surface area contributed by atoms with Crippen molar-refractivity contribution in [2.45, 2.75) is 59.0 Å². The van der Waals surface area contributed by atoms with Crippen molar-refractivity contribution < 1.29 is 14.4 Å². The van der Waals surface area contributed by atoms with Crippen molar-refractivity contribution >= 4 is 11.6 Å². The van der Waals surface area contributed by atoms with Crippen LogP contribution in [-0.4, -0.2) is 50.8 Å². The van der Waals surface area contributed by atoms with E-state index in [1.807, 2.05) is 19.1 Å². The van der Waals surface area contributed by atoms with Crippen molar-refractivity contribution in [2.24, 2.45) is 11.8 Å². The first-order valence-electron chi connectivity index (χ1n) is 11.1. The summed E-state index contributed by atoms with van der Waals surface area (Å²) in [7, 11) is 0. The summed E-state index contributed by atoms with van der Waals surface area (Å²) in [4.78, 5) is 16.7. The van der Waals surface area contributed by atoms with Gasteiger partial charge in [-0.1, -0.05) is 38.8 Å². The monoisotopic (exact) mass is 388 g/mol. The fourth-order valence-corrected chi connectivity index (χ4v) is 4.74. The molecule has 1 heterocycles. The Kier molecular flexibility index (Phi) is 7.22. The average Bonchev–Trinajstić information content (AvgIpc) is 2.71. The molecule has 1 saturated heterocycles. The molecule has 156 valence electrons. The number of piperazine rings is 1. The van der Waals surface area contributed by atoms with Gasteiger partial charge < -0.3 is 19.9 Å². The molecular formula is C23H38N3O2+. The molecule has 2 N–H and O–H groups in total. The van der Waals surface area contributed by atoms with Crippen LogP contribution in [0.25, 0.3) is 0 Å². The maximum atomic E-state index is 12.9. The fraction of sp³-hybridized carbons (Fsp3) is 0.696. The number of amides is 1. The topological polar surface area (TPSA) is 46.0 Å². The second-order valence-electron chi connectivity index (χ2n) is 8.65. The normalized spacial score (nSPS) is 27.3. The largest absolute Gasteiger partial charge is 0.492 e. The summed E-state index contributed by atoms with van der Waals surface area (Å²) in [6.45, 7) is 13.3. The smallest absolute Gasteiger partial charge is 0.278 e. The second-order valence-corrected chi connectivity index (χ2v) is 8.65. The van der Waals surface area contributed by atoms with E-state index < -0.39 is 0 Å². The van der Waals surface area contributed by atoms with Crippen molar-refractivity contribution in [1.82, 2.24) is 5.32 Å². The molecule has 2 aliphatic rings. The van der Waals surface area contributed by atoms with Gasteiger partial charge in [0.1, 0.15) is 5.75 Å². The van der Waals surface area contributed by atoms with Crippen molar-refractivity contribution in [3.8, 4) is 5.75 Å². The molecule has 0 unspecified atom stereocenters. The summed E-state index contributed by atoms with van der Waals surface area (Å²) >= 11 is 0. The first-order chi connectivity index (χ1) is 13.5. The Hall–Kier alpha value is -1.75. The van der Waals surface area contributed by atoms with E-state index in [0.717, 1.165) is 38.3 Å². The van der Waals surface area contributed by atoms with Crippen LogP contribution in [0.2, 0.25) is 0 Å². The zero-order valence-electron chi connectivity index (χ0n) is 18.0. The first-order valence-corrected chi connectivity index (χ1v) is 11.1. The molecule has 28 heavy (non-hydrogen) atoms. The molecule has 1 aliphatic carbocycles. The molecule has 0 bridgehead atoms. The van der Waals surface area contributed by atoms with Gasteiger partial charge in [-0.2, -0.15) is 0 Å². The number of ether oxygens (including phenoxy) is 1. The lowest BCUT2D eigenvalue weighted by Crippen LogP contribution is -3.19. The number of quaternary nitrogens is 1. The summed E-state index contributed by atoms with van der Waals surface area (Å²) < 4.78 is 5.79. The SMILES string of the molecule is CCOc1ccccc1N1CC[NH+]([C@@H](C)C(=O)N[C@@H]2CCC[C@H](C)[C@@H]2C)CC1. The summed E-state index contributed by atoms with van der Waals surface area (Å²) in [5.74, 6) is 2.46. The molecule has 1 aliphatic heterocycles. The van der Waals surface area contributed by atoms with E-state index in [-0.39, 0.29) is 11.9 Å². The fourth-order valence-electron chi connectivity index (χ4n) is 4.74. The molecule has 0 radical (unpaired) electrons. The highest BCUT2D eigenvalue weighted by molar-refractivity contribution is 5.80. The Morgan fingerprint density at radius 3 is 2.68 bits per heavy atom. The third-order valence-electron chi connectivity index (χ3n) is 6.95. The second kappa shape index (κ2) is 9.64. The van der Waals surface area contributed by atoms with Crippen LogP contribution in [0.1, 0.15) is 47.0 Å². The van der Waals surface area contributed by atoms with Gasteiger partial charge in [0, 0.05) is 6.04 Å². The van der Waals surface area contributed by atoms with E-state index in [0.29, 0.717) is 24.5 Å². The number of nitrogens with one attached hydrogen (secondary N) is 2. The number of nitrogens with zero attached hydrogens (tertiary/aromatic N) is 1. The summed E-state index contributed by atoms with van der Waals surface area (Å²) in [6, 6.07) is 8.62. The number of para-hydroxylation sites is 2. The minimum Gasteiger partial charge on any atom is -0.492 e. The quantitative estimate of drug-likeness (QED) is 0.785. The summed E-state index contributed by atoms with van der Waals surface area (Å²) in [5.41, 5.74) is 1.17. The zero-order valence-corrected chi connectivity index (χ0v) is 18.0. The van der Waals surface area contributed by atoms with Gasteiger partial charge in [-0.25, -0.2) is 0 Å². The molecule has 0 spiro atoms. The van der Waals surface area contributed by atoms with E-state index in [1.54, 1.807) is 0 Å². The first kappa shape index (κ1) is 21.0. The van der Waals surface area contributed by atoms with Crippen LogP contribution in [0.3, 0.4) is 0 Å². The molecule has 1 saturated carbocycles. The number of rotatable bonds is 6. The third-order valence-corrected chi connectivity index (χ3v) is 6.95. The van der Waals surface area contributed by atoms with Crippen LogP contribution in [0.15, 0.2) is 24.3 Å². The lowest BCUT2D eigenvalue weighted by atomic mass is 9.78. The van der Waals surface area contributed by atoms with Crippen molar-refractivity contribution in [3.63, 3.8) is 0 Å². The maximum absolute atomic E-state index is 12.9. The van der Waals surface area contributed by atoms with Crippen molar-refractivity contribution in [1.29, 1.82) is 0 Å². The Morgan fingerprint density at radius 1 is 1.25 bits per heavy atom. The zero-order chi connectivity index (χ0) is 20.1. The van der Waals surface area contributed by atoms with E-state index >= 15 is 0 Å². The number of carbonyl (C=O) groups is 1. The predicted octanol–water partition coefficient (Wildman–Crippen LogP) is 2.12. The van der Waals surface area contributed by atoms with Gasteiger partial charge in [-0.3, -0.25) is 4.79 Å². The molecule has 2 fully saturated rings. The van der Waals surface area contributed by atoms with E-state index in [4.69, 9.17) is 4.74 Å². The predicted molar refractivity (Wildman–Crippen MR) is 114 cm³/mol. The number of anilines is 1. The number of hydrogen-bond acceptors (Lipinski definition) is 3. The van der Waals surface area contributed by atoms with Crippen molar-refractivity contribution in [2.75, 3.05) is 37.7 Å². The van der Waals surface area contributed by atoms with Crippen molar-refractivity contribution in [3.05, 3.63) is 24.3 Å². The number of carbonyl (C=O) groups excluding carboxylic acids is 1. The molecule has 1 aromatic carbocycles. The molecule has 0 aromatic heterocycles. The highest BCUT2D eigenvalue weighted by atomic mass is 16.5. The molecule has 1 amide bonds. The van der Waals surface area contributed by atoms with Crippen LogP contribution < -0.4 is 19.9 Å². The van der Waals surface area contributed by atoms with Gasteiger partial charge in [-0.15, -0.1) is 0 Å². The highest BCUT2D eigenvalue weighted by Gasteiger charge is 2.33. The van der Waals surface area contributed by atoms with Crippen LogP contribution in [0.4, 0.5) is 5.69 Å².